The number of fused-ring (bicyclic) bond motifs is 1. The molecule has 118 valence electrons. The SMILES string of the molecule is CS(=O)CC(NC(=O)c1n[nH]c2ccccc12)c1ccccc1. The molecular formula is C17H17N3O2S. The summed E-state index contributed by atoms with van der Waals surface area (Å²) in [5.74, 6) is 0.0831. The van der Waals surface area contributed by atoms with Crippen LogP contribution in [0, 0.1) is 0 Å². The summed E-state index contributed by atoms with van der Waals surface area (Å²) in [6.45, 7) is 0. The van der Waals surface area contributed by atoms with Crippen molar-refractivity contribution >= 4 is 27.6 Å². The molecule has 0 aliphatic heterocycles. The normalized spacial score (nSPS) is 13.6. The summed E-state index contributed by atoms with van der Waals surface area (Å²) in [6, 6.07) is 16.7. The van der Waals surface area contributed by atoms with Gasteiger partial charge in [0.1, 0.15) is 0 Å². The highest BCUT2D eigenvalue weighted by Crippen LogP contribution is 2.18. The molecule has 2 atom stereocenters. The lowest BCUT2D eigenvalue weighted by Gasteiger charge is -2.17. The maximum Gasteiger partial charge on any atom is 0.272 e. The molecule has 5 nitrogen and oxygen atoms in total. The van der Waals surface area contributed by atoms with Crippen molar-refractivity contribution in [3.05, 3.63) is 65.9 Å². The highest BCUT2D eigenvalue weighted by Gasteiger charge is 2.20. The van der Waals surface area contributed by atoms with Gasteiger partial charge in [-0.25, -0.2) is 0 Å². The number of hydrogen-bond acceptors (Lipinski definition) is 3. The van der Waals surface area contributed by atoms with Crippen LogP contribution in [0.25, 0.3) is 10.9 Å². The van der Waals surface area contributed by atoms with Gasteiger partial charge in [-0.1, -0.05) is 48.5 Å². The van der Waals surface area contributed by atoms with Crippen LogP contribution in [0.5, 0.6) is 0 Å². The molecular weight excluding hydrogens is 310 g/mol. The van der Waals surface area contributed by atoms with E-state index in [-0.39, 0.29) is 11.9 Å². The average molecular weight is 327 g/mol. The molecule has 3 aromatic rings. The van der Waals surface area contributed by atoms with Crippen molar-refractivity contribution in [2.45, 2.75) is 6.04 Å². The fraction of sp³-hybridized carbons (Fsp3) is 0.176. The first-order valence-corrected chi connectivity index (χ1v) is 8.97. The second-order valence-corrected chi connectivity index (χ2v) is 6.77. The van der Waals surface area contributed by atoms with Crippen molar-refractivity contribution in [2.75, 3.05) is 12.0 Å². The fourth-order valence-corrected chi connectivity index (χ4v) is 3.25. The highest BCUT2D eigenvalue weighted by molar-refractivity contribution is 7.84. The van der Waals surface area contributed by atoms with Crippen molar-refractivity contribution in [1.82, 2.24) is 15.5 Å². The second-order valence-electron chi connectivity index (χ2n) is 5.29. The zero-order valence-corrected chi connectivity index (χ0v) is 13.5. The molecule has 0 radical (unpaired) electrons. The van der Waals surface area contributed by atoms with Gasteiger partial charge in [0.05, 0.1) is 11.6 Å². The molecule has 0 fully saturated rings. The molecule has 0 saturated carbocycles. The van der Waals surface area contributed by atoms with Crippen molar-refractivity contribution in [1.29, 1.82) is 0 Å². The smallest absolute Gasteiger partial charge is 0.272 e. The van der Waals surface area contributed by atoms with Crippen LogP contribution in [0.4, 0.5) is 0 Å². The van der Waals surface area contributed by atoms with Crippen LogP contribution in [0.15, 0.2) is 54.6 Å². The molecule has 23 heavy (non-hydrogen) atoms. The predicted octanol–water partition coefficient (Wildman–Crippen LogP) is 2.41. The van der Waals surface area contributed by atoms with E-state index in [1.165, 1.54) is 0 Å². The predicted molar refractivity (Wildman–Crippen MR) is 91.7 cm³/mol. The summed E-state index contributed by atoms with van der Waals surface area (Å²) in [7, 11) is -1.03. The number of carbonyl (C=O) groups is 1. The Hall–Kier alpha value is -2.47. The van der Waals surface area contributed by atoms with Crippen LogP contribution in [-0.2, 0) is 10.8 Å². The van der Waals surface area contributed by atoms with Crippen LogP contribution >= 0.6 is 0 Å². The van der Waals surface area contributed by atoms with Crippen molar-refractivity contribution in [3.8, 4) is 0 Å². The van der Waals surface area contributed by atoms with Gasteiger partial charge in [-0.05, 0) is 11.6 Å². The number of rotatable bonds is 5. The number of nitrogens with zero attached hydrogens (tertiary/aromatic N) is 1. The molecule has 0 aliphatic carbocycles. The summed E-state index contributed by atoms with van der Waals surface area (Å²) in [5.41, 5.74) is 2.09. The van der Waals surface area contributed by atoms with Gasteiger partial charge < -0.3 is 5.32 Å². The third-order valence-corrected chi connectivity index (χ3v) is 4.40. The molecule has 2 unspecified atom stereocenters. The summed E-state index contributed by atoms with van der Waals surface area (Å²) in [5, 5.41) is 10.7. The zero-order chi connectivity index (χ0) is 16.2. The molecule has 2 aromatic carbocycles. The Balaban J connectivity index is 1.87. The van der Waals surface area contributed by atoms with Crippen molar-refractivity contribution in [3.63, 3.8) is 0 Å². The van der Waals surface area contributed by atoms with Gasteiger partial charge in [0, 0.05) is 28.2 Å². The summed E-state index contributed by atoms with van der Waals surface area (Å²) in [6.07, 6.45) is 1.63. The Kier molecular flexibility index (Phi) is 4.52. The standard InChI is InChI=1S/C17H17N3O2S/c1-23(22)11-15(12-7-3-2-4-8-12)18-17(21)16-13-9-5-6-10-14(13)19-20-16/h2-10,15H,11H2,1H3,(H,18,21)(H,19,20). The van der Waals surface area contributed by atoms with Gasteiger partial charge in [0.2, 0.25) is 0 Å². The first kappa shape index (κ1) is 15.4. The third kappa shape index (κ3) is 3.48. The van der Waals surface area contributed by atoms with Crippen LogP contribution in [0.2, 0.25) is 0 Å². The van der Waals surface area contributed by atoms with E-state index in [1.54, 1.807) is 6.26 Å². The van der Waals surface area contributed by atoms with Gasteiger partial charge in [0.25, 0.3) is 5.91 Å². The van der Waals surface area contributed by atoms with E-state index >= 15 is 0 Å². The number of H-pyrrole nitrogens is 1. The largest absolute Gasteiger partial charge is 0.343 e. The van der Waals surface area contributed by atoms with Crippen LogP contribution in [-0.4, -0.2) is 32.3 Å². The zero-order valence-electron chi connectivity index (χ0n) is 12.7. The fourth-order valence-electron chi connectivity index (χ4n) is 2.50. The monoisotopic (exact) mass is 327 g/mol. The minimum Gasteiger partial charge on any atom is -0.343 e. The first-order valence-electron chi connectivity index (χ1n) is 7.24. The first-order chi connectivity index (χ1) is 11.1. The maximum absolute atomic E-state index is 12.6. The van der Waals surface area contributed by atoms with E-state index in [0.717, 1.165) is 16.5 Å². The van der Waals surface area contributed by atoms with E-state index in [4.69, 9.17) is 0 Å². The Labute approximate surface area is 136 Å². The Morgan fingerprint density at radius 2 is 1.87 bits per heavy atom. The van der Waals surface area contributed by atoms with Gasteiger partial charge in [-0.15, -0.1) is 0 Å². The number of para-hydroxylation sites is 1. The van der Waals surface area contributed by atoms with Crippen molar-refractivity contribution in [2.24, 2.45) is 0 Å². The van der Waals surface area contributed by atoms with Gasteiger partial charge in [-0.3, -0.25) is 14.1 Å². The summed E-state index contributed by atoms with van der Waals surface area (Å²) < 4.78 is 11.6. The minimum absolute atomic E-state index is 0.276. The number of benzene rings is 2. The molecule has 1 amide bonds. The highest BCUT2D eigenvalue weighted by atomic mass is 32.2. The molecule has 0 saturated heterocycles. The summed E-state index contributed by atoms with van der Waals surface area (Å²) >= 11 is 0. The lowest BCUT2D eigenvalue weighted by atomic mass is 10.1. The van der Waals surface area contributed by atoms with Gasteiger partial charge >= 0.3 is 0 Å². The number of hydrogen-bond donors (Lipinski definition) is 2. The van der Waals surface area contributed by atoms with E-state index in [9.17, 15) is 9.00 Å². The van der Waals surface area contributed by atoms with Gasteiger partial charge in [-0.2, -0.15) is 5.10 Å². The molecule has 1 aromatic heterocycles. The van der Waals surface area contributed by atoms with Crippen LogP contribution < -0.4 is 5.32 Å². The molecule has 1 heterocycles. The number of carbonyl (C=O) groups excluding carboxylic acids is 1. The minimum atomic E-state index is -1.03. The molecule has 0 spiro atoms. The average Bonchev–Trinajstić information content (AvgIpc) is 2.99. The second kappa shape index (κ2) is 6.75. The Morgan fingerprint density at radius 1 is 1.17 bits per heavy atom. The van der Waals surface area contributed by atoms with E-state index in [0.29, 0.717) is 11.4 Å². The molecule has 3 rings (SSSR count). The maximum atomic E-state index is 12.6. The molecule has 0 bridgehead atoms. The topological polar surface area (TPSA) is 74.8 Å². The lowest BCUT2D eigenvalue weighted by Crippen LogP contribution is -2.32. The molecule has 2 N–H and O–H groups in total. The molecule has 0 aliphatic rings. The number of amides is 1. The number of aromatic nitrogens is 2. The van der Waals surface area contributed by atoms with Crippen LogP contribution in [0.1, 0.15) is 22.1 Å². The molecule has 6 heteroatoms. The quantitative estimate of drug-likeness (QED) is 0.756. The van der Waals surface area contributed by atoms with Gasteiger partial charge in [0.15, 0.2) is 5.69 Å². The van der Waals surface area contributed by atoms with E-state index in [1.807, 2.05) is 54.6 Å². The van der Waals surface area contributed by atoms with Crippen LogP contribution in [0.3, 0.4) is 0 Å². The third-order valence-electron chi connectivity index (χ3n) is 3.59. The Bertz CT molecular complexity index is 845. The Morgan fingerprint density at radius 3 is 2.61 bits per heavy atom. The number of nitrogens with one attached hydrogen (secondary N) is 2. The summed E-state index contributed by atoms with van der Waals surface area (Å²) in [4.78, 5) is 12.6. The van der Waals surface area contributed by atoms with E-state index in [2.05, 4.69) is 15.5 Å². The number of aromatic amines is 1. The van der Waals surface area contributed by atoms with E-state index < -0.39 is 10.8 Å². The lowest BCUT2D eigenvalue weighted by molar-refractivity contribution is 0.0937. The van der Waals surface area contributed by atoms with Crippen molar-refractivity contribution < 1.29 is 9.00 Å².